The minimum atomic E-state index is -3.61. The summed E-state index contributed by atoms with van der Waals surface area (Å²) in [4.78, 5) is 4.78. The van der Waals surface area contributed by atoms with Gasteiger partial charge in [0.05, 0.1) is 17.1 Å². The van der Waals surface area contributed by atoms with Gasteiger partial charge in [-0.2, -0.15) is 4.72 Å². The summed E-state index contributed by atoms with van der Waals surface area (Å²) in [6, 6.07) is 18.4. The number of rotatable bonds is 7. The lowest BCUT2D eigenvalue weighted by molar-refractivity contribution is 0.525. The Labute approximate surface area is 179 Å². The van der Waals surface area contributed by atoms with E-state index in [0.29, 0.717) is 28.0 Å². The van der Waals surface area contributed by atoms with Crippen molar-refractivity contribution in [2.45, 2.75) is 30.1 Å². The zero-order valence-electron chi connectivity index (χ0n) is 15.7. The molecule has 4 aromatic rings. The van der Waals surface area contributed by atoms with Crippen molar-refractivity contribution in [3.8, 4) is 0 Å². The number of hydrogen-bond acceptors (Lipinski definition) is 4. The van der Waals surface area contributed by atoms with E-state index in [1.165, 1.54) is 11.3 Å². The summed E-state index contributed by atoms with van der Waals surface area (Å²) in [7, 11) is -3.61. The number of hydrogen-bond donors (Lipinski definition) is 1. The summed E-state index contributed by atoms with van der Waals surface area (Å²) in [5, 5.41) is 2.44. The first-order valence-corrected chi connectivity index (χ1v) is 12.0. The number of benzene rings is 2. The lowest BCUT2D eigenvalue weighted by Gasteiger charge is -2.18. The van der Waals surface area contributed by atoms with Crippen molar-refractivity contribution in [3.05, 3.63) is 82.5 Å². The van der Waals surface area contributed by atoms with Crippen LogP contribution in [0.5, 0.6) is 0 Å². The normalized spacial score (nSPS) is 13.0. The largest absolute Gasteiger partial charge is 0.322 e. The molecule has 2 aromatic carbocycles. The molecule has 0 bridgehead atoms. The van der Waals surface area contributed by atoms with E-state index in [9.17, 15) is 8.42 Å². The lowest BCUT2D eigenvalue weighted by Crippen LogP contribution is -2.30. The number of imidazole rings is 1. The molecule has 0 fully saturated rings. The summed E-state index contributed by atoms with van der Waals surface area (Å²) >= 11 is 7.22. The summed E-state index contributed by atoms with van der Waals surface area (Å²) in [5.74, 6) is 0.698. The van der Waals surface area contributed by atoms with Crippen molar-refractivity contribution in [1.29, 1.82) is 0 Å². The maximum Gasteiger partial charge on any atom is 0.250 e. The monoisotopic (exact) mass is 445 g/mol. The molecular formula is C21H20ClN3O2S2. The first-order chi connectivity index (χ1) is 14.0. The molecule has 2 heterocycles. The van der Waals surface area contributed by atoms with Gasteiger partial charge in [0.25, 0.3) is 10.0 Å². The smallest absolute Gasteiger partial charge is 0.250 e. The lowest BCUT2D eigenvalue weighted by atomic mass is 10.2. The Hall–Kier alpha value is -2.19. The van der Waals surface area contributed by atoms with Gasteiger partial charge in [-0.1, -0.05) is 48.9 Å². The summed E-state index contributed by atoms with van der Waals surface area (Å²) < 4.78 is 30.8. The molecule has 1 atom stereocenters. The molecule has 0 amide bonds. The SMILES string of the molecule is CCC(NS(=O)(=O)c1cccs1)c1nc2ccccc2n1Cc1ccc(Cl)cc1. The van der Waals surface area contributed by atoms with Crippen molar-refractivity contribution in [2.24, 2.45) is 0 Å². The number of sulfonamides is 1. The molecule has 0 saturated heterocycles. The highest BCUT2D eigenvalue weighted by Crippen LogP contribution is 2.27. The van der Waals surface area contributed by atoms with Crippen LogP contribution in [0.2, 0.25) is 5.02 Å². The second-order valence-corrected chi connectivity index (χ2v) is 10.0. The van der Waals surface area contributed by atoms with E-state index in [1.54, 1.807) is 17.5 Å². The van der Waals surface area contributed by atoms with Gasteiger partial charge in [-0.05, 0) is 47.7 Å². The number of fused-ring (bicyclic) bond motifs is 1. The quantitative estimate of drug-likeness (QED) is 0.423. The Bertz CT molecular complexity index is 1220. The number of para-hydroxylation sites is 2. The fourth-order valence-corrected chi connectivity index (χ4v) is 5.69. The van der Waals surface area contributed by atoms with Gasteiger partial charge in [0.15, 0.2) is 0 Å². The van der Waals surface area contributed by atoms with E-state index >= 15 is 0 Å². The van der Waals surface area contributed by atoms with Crippen molar-refractivity contribution in [3.63, 3.8) is 0 Å². The number of thiophene rings is 1. The molecule has 0 aliphatic carbocycles. The topological polar surface area (TPSA) is 64.0 Å². The average Bonchev–Trinajstić information content (AvgIpc) is 3.37. The highest BCUT2D eigenvalue weighted by Gasteiger charge is 2.25. The van der Waals surface area contributed by atoms with Crippen LogP contribution in [-0.4, -0.2) is 18.0 Å². The van der Waals surface area contributed by atoms with Crippen molar-refractivity contribution < 1.29 is 8.42 Å². The molecular weight excluding hydrogens is 426 g/mol. The van der Waals surface area contributed by atoms with Gasteiger partial charge in [-0.25, -0.2) is 13.4 Å². The molecule has 8 heteroatoms. The van der Waals surface area contributed by atoms with Crippen LogP contribution in [0.3, 0.4) is 0 Å². The van der Waals surface area contributed by atoms with Crippen LogP contribution in [0.25, 0.3) is 11.0 Å². The van der Waals surface area contributed by atoms with E-state index in [-0.39, 0.29) is 0 Å². The van der Waals surface area contributed by atoms with E-state index in [0.717, 1.165) is 16.6 Å². The minimum absolute atomic E-state index is 0.302. The third-order valence-electron chi connectivity index (χ3n) is 4.72. The van der Waals surface area contributed by atoms with Crippen LogP contribution in [0.15, 0.2) is 70.3 Å². The van der Waals surface area contributed by atoms with E-state index in [4.69, 9.17) is 16.6 Å². The second kappa shape index (κ2) is 8.28. The summed E-state index contributed by atoms with van der Waals surface area (Å²) in [5.41, 5.74) is 2.87. The molecule has 150 valence electrons. The van der Waals surface area contributed by atoms with Gasteiger partial charge in [0, 0.05) is 11.6 Å². The standard InChI is InChI=1S/C21H20ClN3O2S2/c1-2-17(24-29(26,27)20-8-5-13-28-20)21-23-18-6-3-4-7-19(18)25(21)14-15-9-11-16(22)12-10-15/h3-13,17,24H,2,14H2,1H3. The van der Waals surface area contributed by atoms with Crippen LogP contribution >= 0.6 is 22.9 Å². The molecule has 29 heavy (non-hydrogen) atoms. The van der Waals surface area contributed by atoms with Crippen molar-refractivity contribution >= 4 is 44.0 Å². The highest BCUT2D eigenvalue weighted by molar-refractivity contribution is 7.91. The Morgan fingerprint density at radius 1 is 1.10 bits per heavy atom. The van der Waals surface area contributed by atoms with Gasteiger partial charge in [-0.15, -0.1) is 11.3 Å². The maximum absolute atomic E-state index is 12.8. The highest BCUT2D eigenvalue weighted by atomic mass is 35.5. The van der Waals surface area contributed by atoms with Crippen LogP contribution in [-0.2, 0) is 16.6 Å². The third kappa shape index (κ3) is 4.23. The third-order valence-corrected chi connectivity index (χ3v) is 7.84. The van der Waals surface area contributed by atoms with E-state index in [1.807, 2.05) is 55.5 Å². The zero-order valence-corrected chi connectivity index (χ0v) is 18.1. The van der Waals surface area contributed by atoms with Crippen LogP contribution in [0, 0.1) is 0 Å². The Balaban J connectivity index is 1.76. The first-order valence-electron chi connectivity index (χ1n) is 9.23. The number of halogens is 1. The van der Waals surface area contributed by atoms with Gasteiger partial charge in [0.1, 0.15) is 10.0 Å². The van der Waals surface area contributed by atoms with Gasteiger partial charge in [-0.3, -0.25) is 0 Å². The molecule has 1 N–H and O–H groups in total. The number of nitrogens with one attached hydrogen (secondary N) is 1. The van der Waals surface area contributed by atoms with E-state index in [2.05, 4.69) is 9.29 Å². The predicted molar refractivity (Wildman–Crippen MR) is 118 cm³/mol. The Morgan fingerprint density at radius 3 is 2.55 bits per heavy atom. The average molecular weight is 446 g/mol. The van der Waals surface area contributed by atoms with Gasteiger partial charge in [0.2, 0.25) is 0 Å². The molecule has 4 rings (SSSR count). The zero-order chi connectivity index (χ0) is 20.4. The molecule has 2 aromatic heterocycles. The van der Waals surface area contributed by atoms with Crippen molar-refractivity contribution in [1.82, 2.24) is 14.3 Å². The summed E-state index contributed by atoms with van der Waals surface area (Å²) in [6.45, 7) is 2.53. The molecule has 1 unspecified atom stereocenters. The Kier molecular flexibility index (Phi) is 5.74. The summed E-state index contributed by atoms with van der Waals surface area (Å²) in [6.07, 6.45) is 0.578. The molecule has 0 spiro atoms. The fourth-order valence-electron chi connectivity index (χ4n) is 3.28. The minimum Gasteiger partial charge on any atom is -0.322 e. The predicted octanol–water partition coefficient (Wildman–Crippen LogP) is 5.23. The van der Waals surface area contributed by atoms with Crippen LogP contribution in [0.1, 0.15) is 30.8 Å². The molecule has 0 radical (unpaired) electrons. The molecule has 0 saturated carbocycles. The molecule has 5 nitrogen and oxygen atoms in total. The van der Waals surface area contributed by atoms with Crippen molar-refractivity contribution in [2.75, 3.05) is 0 Å². The van der Waals surface area contributed by atoms with E-state index < -0.39 is 16.1 Å². The fraction of sp³-hybridized carbons (Fsp3) is 0.190. The number of aromatic nitrogens is 2. The maximum atomic E-state index is 12.8. The second-order valence-electron chi connectivity index (χ2n) is 6.69. The van der Waals surface area contributed by atoms with Crippen LogP contribution < -0.4 is 4.72 Å². The van der Waals surface area contributed by atoms with Gasteiger partial charge < -0.3 is 4.57 Å². The first kappa shape index (κ1) is 20.1. The molecule has 0 aliphatic heterocycles. The van der Waals surface area contributed by atoms with Gasteiger partial charge >= 0.3 is 0 Å². The van der Waals surface area contributed by atoms with Crippen LogP contribution in [0.4, 0.5) is 0 Å². The number of nitrogens with zero attached hydrogens (tertiary/aromatic N) is 2. The molecule has 0 aliphatic rings. The Morgan fingerprint density at radius 2 is 1.86 bits per heavy atom.